The lowest BCUT2D eigenvalue weighted by molar-refractivity contribution is 0.102. The van der Waals surface area contributed by atoms with Crippen LogP contribution < -0.4 is 15.4 Å². The Morgan fingerprint density at radius 3 is 2.61 bits per heavy atom. The van der Waals surface area contributed by atoms with E-state index in [2.05, 4.69) is 26.7 Å². The predicted molar refractivity (Wildman–Crippen MR) is 112 cm³/mol. The van der Waals surface area contributed by atoms with Crippen molar-refractivity contribution in [3.8, 4) is 5.75 Å². The summed E-state index contributed by atoms with van der Waals surface area (Å²) in [6, 6.07) is 7.27. The first-order valence-electron chi connectivity index (χ1n) is 9.92. The summed E-state index contributed by atoms with van der Waals surface area (Å²) >= 11 is 0. The van der Waals surface area contributed by atoms with E-state index in [0.29, 0.717) is 11.5 Å². The highest BCUT2D eigenvalue weighted by atomic mass is 16.5. The third kappa shape index (κ3) is 6.08. The van der Waals surface area contributed by atoms with E-state index in [1.165, 1.54) is 37.5 Å². The molecule has 1 amide bonds. The van der Waals surface area contributed by atoms with E-state index >= 15 is 0 Å². The molecule has 0 fully saturated rings. The number of amides is 1. The Morgan fingerprint density at radius 2 is 1.96 bits per heavy atom. The summed E-state index contributed by atoms with van der Waals surface area (Å²) in [5, 5.41) is 6.09. The van der Waals surface area contributed by atoms with Crippen LogP contribution in [0.2, 0.25) is 0 Å². The van der Waals surface area contributed by atoms with Gasteiger partial charge < -0.3 is 15.4 Å². The average Bonchev–Trinajstić information content (AvgIpc) is 2.70. The Labute approximate surface area is 166 Å². The van der Waals surface area contributed by atoms with E-state index in [1.54, 1.807) is 18.3 Å². The smallest absolute Gasteiger partial charge is 0.275 e. The van der Waals surface area contributed by atoms with Crippen molar-refractivity contribution in [2.75, 3.05) is 17.2 Å². The Hall–Kier alpha value is -2.89. The van der Waals surface area contributed by atoms with Gasteiger partial charge in [0.05, 0.1) is 18.5 Å². The molecule has 0 unspecified atom stereocenters. The number of benzene rings is 1. The molecule has 1 heterocycles. The van der Waals surface area contributed by atoms with Crippen molar-refractivity contribution in [3.05, 3.63) is 54.0 Å². The van der Waals surface area contributed by atoms with Crippen LogP contribution >= 0.6 is 0 Å². The lowest BCUT2D eigenvalue weighted by Crippen LogP contribution is -2.15. The van der Waals surface area contributed by atoms with Gasteiger partial charge in [-0.15, -0.1) is 0 Å². The molecular weight excluding hydrogens is 352 g/mol. The molecular formula is C22H28N4O2. The number of aromatic nitrogens is 2. The first-order chi connectivity index (χ1) is 13.6. The van der Waals surface area contributed by atoms with E-state index in [4.69, 9.17) is 4.74 Å². The van der Waals surface area contributed by atoms with Crippen molar-refractivity contribution >= 4 is 17.4 Å². The van der Waals surface area contributed by atoms with E-state index < -0.39 is 0 Å². The topological polar surface area (TPSA) is 76.1 Å². The summed E-state index contributed by atoms with van der Waals surface area (Å²) < 4.78 is 5.60. The molecule has 6 heteroatoms. The van der Waals surface area contributed by atoms with E-state index in [9.17, 15) is 4.79 Å². The van der Waals surface area contributed by atoms with Crippen LogP contribution in [0.3, 0.4) is 0 Å². The Balaban J connectivity index is 1.48. The molecule has 0 atom stereocenters. The fourth-order valence-electron chi connectivity index (χ4n) is 3.10. The van der Waals surface area contributed by atoms with Gasteiger partial charge >= 0.3 is 0 Å². The Bertz CT molecular complexity index is 798. The highest BCUT2D eigenvalue weighted by Crippen LogP contribution is 2.20. The maximum Gasteiger partial charge on any atom is 0.275 e. The van der Waals surface area contributed by atoms with Crippen molar-refractivity contribution in [2.45, 2.75) is 52.1 Å². The number of nitrogens with zero attached hydrogens (tertiary/aromatic N) is 2. The normalized spacial score (nSPS) is 13.8. The van der Waals surface area contributed by atoms with Gasteiger partial charge in [-0.05, 0) is 70.2 Å². The van der Waals surface area contributed by atoms with Crippen LogP contribution in [0, 0.1) is 0 Å². The third-order valence-electron chi connectivity index (χ3n) is 4.51. The summed E-state index contributed by atoms with van der Waals surface area (Å²) in [6.45, 7) is 4.77. The second-order valence-corrected chi connectivity index (χ2v) is 7.22. The maximum absolute atomic E-state index is 12.3. The summed E-state index contributed by atoms with van der Waals surface area (Å²) in [7, 11) is 0. The van der Waals surface area contributed by atoms with Gasteiger partial charge in [-0.1, -0.05) is 11.6 Å². The average molecular weight is 380 g/mol. The molecule has 1 aliphatic rings. The highest BCUT2D eigenvalue weighted by molar-refractivity contribution is 6.02. The van der Waals surface area contributed by atoms with Crippen LogP contribution in [0.25, 0.3) is 0 Å². The van der Waals surface area contributed by atoms with Crippen molar-refractivity contribution in [2.24, 2.45) is 0 Å². The molecule has 0 saturated carbocycles. The van der Waals surface area contributed by atoms with Crippen molar-refractivity contribution in [1.29, 1.82) is 0 Å². The van der Waals surface area contributed by atoms with Gasteiger partial charge in [-0.2, -0.15) is 0 Å². The predicted octanol–water partition coefficient (Wildman–Crippen LogP) is 4.82. The van der Waals surface area contributed by atoms with E-state index in [1.807, 2.05) is 26.0 Å². The maximum atomic E-state index is 12.3. The molecule has 148 valence electrons. The SMILES string of the molecule is CC(C)Oc1ccc(NC(=O)c2cnc(NCCC3=CCCCC3)cn2)cc1. The van der Waals surface area contributed by atoms with Crippen LogP contribution in [-0.4, -0.2) is 28.5 Å². The highest BCUT2D eigenvalue weighted by Gasteiger charge is 2.09. The molecule has 0 radical (unpaired) electrons. The number of allylic oxidation sites excluding steroid dienone is 1. The van der Waals surface area contributed by atoms with Gasteiger partial charge in [0.1, 0.15) is 17.3 Å². The number of rotatable bonds is 8. The zero-order valence-corrected chi connectivity index (χ0v) is 16.6. The summed E-state index contributed by atoms with van der Waals surface area (Å²) in [5.74, 6) is 1.17. The first-order valence-corrected chi connectivity index (χ1v) is 9.92. The number of anilines is 2. The Kier molecular flexibility index (Phi) is 7.00. The largest absolute Gasteiger partial charge is 0.491 e. The van der Waals surface area contributed by atoms with Crippen LogP contribution in [0.1, 0.15) is 56.4 Å². The van der Waals surface area contributed by atoms with E-state index in [0.717, 1.165) is 18.7 Å². The first kappa shape index (κ1) is 19.9. The summed E-state index contributed by atoms with van der Waals surface area (Å²) in [5.41, 5.74) is 2.49. The van der Waals surface area contributed by atoms with Crippen molar-refractivity contribution in [1.82, 2.24) is 9.97 Å². The number of hydrogen-bond acceptors (Lipinski definition) is 5. The fraction of sp³-hybridized carbons (Fsp3) is 0.409. The summed E-state index contributed by atoms with van der Waals surface area (Å²) in [4.78, 5) is 20.9. The third-order valence-corrected chi connectivity index (χ3v) is 4.51. The minimum absolute atomic E-state index is 0.113. The van der Waals surface area contributed by atoms with Crippen LogP contribution in [0.15, 0.2) is 48.3 Å². The van der Waals surface area contributed by atoms with Gasteiger partial charge in [0.25, 0.3) is 5.91 Å². The second kappa shape index (κ2) is 9.88. The molecule has 0 saturated heterocycles. The minimum atomic E-state index is -0.288. The second-order valence-electron chi connectivity index (χ2n) is 7.22. The van der Waals surface area contributed by atoms with Gasteiger partial charge in [-0.3, -0.25) is 4.79 Å². The van der Waals surface area contributed by atoms with Gasteiger partial charge in [0.15, 0.2) is 0 Å². The molecule has 3 rings (SSSR count). The molecule has 2 N–H and O–H groups in total. The van der Waals surface area contributed by atoms with Crippen molar-refractivity contribution < 1.29 is 9.53 Å². The summed E-state index contributed by atoms with van der Waals surface area (Å²) in [6.07, 6.45) is 11.6. The molecule has 1 aromatic heterocycles. The molecule has 28 heavy (non-hydrogen) atoms. The lowest BCUT2D eigenvalue weighted by atomic mass is 9.97. The number of ether oxygens (including phenoxy) is 1. The molecule has 1 aliphatic carbocycles. The number of hydrogen-bond donors (Lipinski definition) is 2. The number of carbonyl (C=O) groups is 1. The quantitative estimate of drug-likeness (QED) is 0.642. The fourth-order valence-corrected chi connectivity index (χ4v) is 3.10. The molecule has 0 bridgehead atoms. The number of carbonyl (C=O) groups excluding carboxylic acids is 1. The standard InChI is InChI=1S/C22H28N4O2/c1-16(2)28-19-10-8-18(9-11-19)26-22(27)20-14-25-21(15-24-20)23-13-12-17-6-4-3-5-7-17/h6,8-11,14-16H,3-5,7,12-13H2,1-2H3,(H,23,25)(H,26,27). The van der Waals surface area contributed by atoms with Crippen LogP contribution in [0.5, 0.6) is 5.75 Å². The number of nitrogens with one attached hydrogen (secondary N) is 2. The van der Waals surface area contributed by atoms with Crippen LogP contribution in [-0.2, 0) is 0 Å². The van der Waals surface area contributed by atoms with Crippen molar-refractivity contribution in [3.63, 3.8) is 0 Å². The lowest BCUT2D eigenvalue weighted by Gasteiger charge is -2.13. The monoisotopic (exact) mass is 380 g/mol. The molecule has 6 nitrogen and oxygen atoms in total. The molecule has 1 aromatic carbocycles. The molecule has 0 aliphatic heterocycles. The van der Waals surface area contributed by atoms with Crippen LogP contribution in [0.4, 0.5) is 11.5 Å². The zero-order chi connectivity index (χ0) is 19.8. The van der Waals surface area contributed by atoms with Gasteiger partial charge in [0, 0.05) is 12.2 Å². The molecule has 0 spiro atoms. The Morgan fingerprint density at radius 1 is 1.14 bits per heavy atom. The minimum Gasteiger partial charge on any atom is -0.491 e. The van der Waals surface area contributed by atoms with Gasteiger partial charge in [0.2, 0.25) is 0 Å². The zero-order valence-electron chi connectivity index (χ0n) is 16.6. The molecule has 2 aromatic rings. The van der Waals surface area contributed by atoms with E-state index in [-0.39, 0.29) is 17.7 Å². The van der Waals surface area contributed by atoms with Gasteiger partial charge in [-0.25, -0.2) is 9.97 Å².